The fourth-order valence-electron chi connectivity index (χ4n) is 1.80. The second-order valence-electron chi connectivity index (χ2n) is 4.58. The molecule has 0 heterocycles. The molecule has 0 bridgehead atoms. The van der Waals surface area contributed by atoms with Gasteiger partial charge in [-0.15, -0.1) is 0 Å². The summed E-state index contributed by atoms with van der Waals surface area (Å²) in [4.78, 5) is 11.9. The van der Waals surface area contributed by atoms with E-state index in [2.05, 4.69) is 21.2 Å². The molecule has 108 valence electrons. The van der Waals surface area contributed by atoms with Crippen LogP contribution in [0.3, 0.4) is 0 Å². The van der Waals surface area contributed by atoms with E-state index in [1.165, 1.54) is 6.08 Å². The Balaban J connectivity index is 2.03. The van der Waals surface area contributed by atoms with Crippen molar-refractivity contribution in [2.75, 3.05) is 12.4 Å². The van der Waals surface area contributed by atoms with Gasteiger partial charge in [0, 0.05) is 10.5 Å². The summed E-state index contributed by atoms with van der Waals surface area (Å²) in [6.07, 6.45) is 3.27. The number of carbonyl (C=O) groups excluding carboxylic acids is 1. The number of hydrogen-bond acceptors (Lipinski definition) is 2. The van der Waals surface area contributed by atoms with Crippen LogP contribution in [0.25, 0.3) is 6.08 Å². The maximum Gasteiger partial charge on any atom is 0.248 e. The Labute approximate surface area is 132 Å². The molecule has 0 saturated heterocycles. The van der Waals surface area contributed by atoms with Gasteiger partial charge >= 0.3 is 0 Å². The van der Waals surface area contributed by atoms with Crippen molar-refractivity contribution in [1.82, 2.24) is 0 Å². The van der Waals surface area contributed by atoms with E-state index in [0.29, 0.717) is 0 Å². The smallest absolute Gasteiger partial charge is 0.248 e. The van der Waals surface area contributed by atoms with Crippen molar-refractivity contribution < 1.29 is 9.53 Å². The highest BCUT2D eigenvalue weighted by molar-refractivity contribution is 9.10. The zero-order valence-electron chi connectivity index (χ0n) is 11.9. The van der Waals surface area contributed by atoms with Crippen molar-refractivity contribution in [3.63, 3.8) is 0 Å². The lowest BCUT2D eigenvalue weighted by Crippen LogP contribution is -2.08. The number of ether oxygens (including phenoxy) is 1. The van der Waals surface area contributed by atoms with E-state index in [0.717, 1.165) is 27.0 Å². The van der Waals surface area contributed by atoms with Gasteiger partial charge in [0.1, 0.15) is 5.75 Å². The number of hydrogen-bond donors (Lipinski definition) is 1. The third-order valence-electron chi connectivity index (χ3n) is 2.92. The van der Waals surface area contributed by atoms with Gasteiger partial charge in [0.05, 0.1) is 12.8 Å². The third kappa shape index (κ3) is 4.46. The molecule has 0 atom stereocenters. The molecule has 0 fully saturated rings. The van der Waals surface area contributed by atoms with Crippen molar-refractivity contribution in [2.24, 2.45) is 0 Å². The van der Waals surface area contributed by atoms with Crippen LogP contribution in [0.4, 0.5) is 5.69 Å². The minimum Gasteiger partial charge on any atom is -0.497 e. The Hall–Kier alpha value is -2.07. The van der Waals surface area contributed by atoms with Crippen molar-refractivity contribution in [3.8, 4) is 5.75 Å². The standard InChI is InChI=1S/C17H16BrNO2/c1-12-3-9-15(18)16(11-12)19-17(20)10-6-13-4-7-14(21-2)8-5-13/h3-11H,1-2H3,(H,19,20)/b10-6+. The summed E-state index contributed by atoms with van der Waals surface area (Å²) in [5, 5.41) is 2.85. The maximum atomic E-state index is 11.9. The number of rotatable bonds is 4. The lowest BCUT2D eigenvalue weighted by molar-refractivity contribution is -0.111. The molecule has 0 saturated carbocycles. The first kappa shape index (κ1) is 15.3. The van der Waals surface area contributed by atoms with Crippen LogP contribution in [-0.4, -0.2) is 13.0 Å². The van der Waals surface area contributed by atoms with Gasteiger partial charge in [0.2, 0.25) is 5.91 Å². The van der Waals surface area contributed by atoms with E-state index in [9.17, 15) is 4.79 Å². The summed E-state index contributed by atoms with van der Waals surface area (Å²) in [5.41, 5.74) is 2.79. The van der Waals surface area contributed by atoms with Gasteiger partial charge < -0.3 is 10.1 Å². The van der Waals surface area contributed by atoms with E-state index in [-0.39, 0.29) is 5.91 Å². The SMILES string of the molecule is COc1ccc(/C=C/C(=O)Nc2cc(C)ccc2Br)cc1. The third-order valence-corrected chi connectivity index (χ3v) is 3.61. The minimum atomic E-state index is -0.169. The molecule has 0 aliphatic heterocycles. The predicted octanol–water partition coefficient (Wildman–Crippen LogP) is 4.42. The molecule has 1 N–H and O–H groups in total. The first-order chi connectivity index (χ1) is 10.1. The summed E-state index contributed by atoms with van der Waals surface area (Å²) in [7, 11) is 1.62. The zero-order valence-corrected chi connectivity index (χ0v) is 13.5. The zero-order chi connectivity index (χ0) is 15.2. The highest BCUT2D eigenvalue weighted by atomic mass is 79.9. The number of anilines is 1. The number of nitrogens with one attached hydrogen (secondary N) is 1. The van der Waals surface area contributed by atoms with Gasteiger partial charge in [0.15, 0.2) is 0 Å². The minimum absolute atomic E-state index is 0.169. The molecule has 4 heteroatoms. The largest absolute Gasteiger partial charge is 0.497 e. The summed E-state index contributed by atoms with van der Waals surface area (Å²) >= 11 is 3.42. The van der Waals surface area contributed by atoms with Gasteiger partial charge in [-0.05, 0) is 64.3 Å². The molecule has 1 amide bonds. The van der Waals surface area contributed by atoms with E-state index < -0.39 is 0 Å². The highest BCUT2D eigenvalue weighted by Gasteiger charge is 2.03. The van der Waals surface area contributed by atoms with Crippen molar-refractivity contribution in [3.05, 3.63) is 64.1 Å². The van der Waals surface area contributed by atoms with Crippen LogP contribution >= 0.6 is 15.9 Å². The Kier molecular flexibility index (Phi) is 5.17. The van der Waals surface area contributed by atoms with Crippen LogP contribution < -0.4 is 10.1 Å². The molecule has 0 radical (unpaired) electrons. The Morgan fingerprint density at radius 1 is 1.19 bits per heavy atom. The van der Waals surface area contributed by atoms with Crippen molar-refractivity contribution >= 4 is 33.6 Å². The number of carbonyl (C=O) groups is 1. The fourth-order valence-corrected chi connectivity index (χ4v) is 2.14. The first-order valence-electron chi connectivity index (χ1n) is 6.48. The number of halogens is 1. The summed E-state index contributed by atoms with van der Waals surface area (Å²) in [6, 6.07) is 13.3. The monoisotopic (exact) mass is 345 g/mol. The number of amides is 1. The maximum absolute atomic E-state index is 11.9. The molecule has 0 aromatic heterocycles. The summed E-state index contributed by atoms with van der Waals surface area (Å²) < 4.78 is 5.95. The van der Waals surface area contributed by atoms with Gasteiger partial charge in [-0.25, -0.2) is 0 Å². The lowest BCUT2D eigenvalue weighted by Gasteiger charge is -2.06. The predicted molar refractivity (Wildman–Crippen MR) is 89.5 cm³/mol. The van der Waals surface area contributed by atoms with Crippen LogP contribution in [-0.2, 0) is 4.79 Å². The van der Waals surface area contributed by atoms with E-state index >= 15 is 0 Å². The molecule has 0 aliphatic rings. The Morgan fingerprint density at radius 2 is 1.90 bits per heavy atom. The lowest BCUT2D eigenvalue weighted by atomic mass is 10.2. The van der Waals surface area contributed by atoms with Crippen molar-refractivity contribution in [2.45, 2.75) is 6.92 Å². The second kappa shape index (κ2) is 7.09. The normalized spacial score (nSPS) is 10.6. The molecular weight excluding hydrogens is 330 g/mol. The number of benzene rings is 2. The van der Waals surface area contributed by atoms with Crippen LogP contribution in [0, 0.1) is 6.92 Å². The quantitative estimate of drug-likeness (QED) is 0.833. The molecule has 2 rings (SSSR count). The molecular formula is C17H16BrNO2. The van der Waals surface area contributed by atoms with Gasteiger partial charge in [0.25, 0.3) is 0 Å². The molecule has 2 aromatic carbocycles. The fraction of sp³-hybridized carbons (Fsp3) is 0.118. The molecule has 2 aromatic rings. The Bertz CT molecular complexity index is 663. The highest BCUT2D eigenvalue weighted by Crippen LogP contribution is 2.23. The van der Waals surface area contributed by atoms with Gasteiger partial charge in [-0.2, -0.15) is 0 Å². The number of methoxy groups -OCH3 is 1. The van der Waals surface area contributed by atoms with Crippen LogP contribution in [0.2, 0.25) is 0 Å². The summed E-state index contributed by atoms with van der Waals surface area (Å²) in [6.45, 7) is 1.98. The molecule has 0 aliphatic carbocycles. The van der Waals surface area contributed by atoms with Gasteiger partial charge in [-0.1, -0.05) is 18.2 Å². The second-order valence-corrected chi connectivity index (χ2v) is 5.43. The van der Waals surface area contributed by atoms with Crippen molar-refractivity contribution in [1.29, 1.82) is 0 Å². The average Bonchev–Trinajstić information content (AvgIpc) is 2.49. The molecule has 3 nitrogen and oxygen atoms in total. The Morgan fingerprint density at radius 3 is 2.57 bits per heavy atom. The van der Waals surface area contributed by atoms with E-state index in [1.54, 1.807) is 13.2 Å². The molecule has 21 heavy (non-hydrogen) atoms. The van der Waals surface area contributed by atoms with Crippen LogP contribution in [0.1, 0.15) is 11.1 Å². The molecule has 0 spiro atoms. The van der Waals surface area contributed by atoms with Crippen LogP contribution in [0.15, 0.2) is 53.0 Å². The summed E-state index contributed by atoms with van der Waals surface area (Å²) in [5.74, 6) is 0.623. The van der Waals surface area contributed by atoms with Gasteiger partial charge in [-0.3, -0.25) is 4.79 Å². The molecule has 0 unspecified atom stereocenters. The topological polar surface area (TPSA) is 38.3 Å². The van der Waals surface area contributed by atoms with E-state index in [4.69, 9.17) is 4.74 Å². The van der Waals surface area contributed by atoms with Crippen LogP contribution in [0.5, 0.6) is 5.75 Å². The first-order valence-corrected chi connectivity index (χ1v) is 7.27. The number of aryl methyl sites for hydroxylation is 1. The average molecular weight is 346 g/mol. The van der Waals surface area contributed by atoms with E-state index in [1.807, 2.05) is 49.4 Å².